The van der Waals surface area contributed by atoms with Crippen LogP contribution >= 0.6 is 11.8 Å². The van der Waals surface area contributed by atoms with E-state index in [9.17, 15) is 4.79 Å². The van der Waals surface area contributed by atoms with Gasteiger partial charge < -0.3 is 0 Å². The predicted octanol–water partition coefficient (Wildman–Crippen LogP) is 4.93. The molecule has 3 aromatic rings. The first-order valence-corrected chi connectivity index (χ1v) is 8.65. The minimum atomic E-state index is -0.250. The smallest absolute Gasteiger partial charge is 0.244 e. The summed E-state index contributed by atoms with van der Waals surface area (Å²) in [6.45, 7) is 1.92. The van der Waals surface area contributed by atoms with E-state index in [0.29, 0.717) is 0 Å². The summed E-state index contributed by atoms with van der Waals surface area (Å²) < 4.78 is 0. The van der Waals surface area contributed by atoms with Crippen molar-refractivity contribution in [2.75, 3.05) is 4.90 Å². The van der Waals surface area contributed by atoms with Gasteiger partial charge in [-0.25, -0.2) is 4.98 Å². The molecule has 1 amide bonds. The molecular formula is C20H18N2OS. The quantitative estimate of drug-likeness (QED) is 0.621. The summed E-state index contributed by atoms with van der Waals surface area (Å²) in [6.07, 6.45) is 1.74. The number of para-hydroxylation sites is 2. The molecule has 0 saturated heterocycles. The number of carbonyl (C=O) groups is 1. The number of pyridine rings is 1. The van der Waals surface area contributed by atoms with Gasteiger partial charge in [-0.15, -0.1) is 0 Å². The molecule has 3 rings (SSSR count). The van der Waals surface area contributed by atoms with Crippen LogP contribution < -0.4 is 4.90 Å². The Morgan fingerprint density at radius 3 is 1.92 bits per heavy atom. The highest BCUT2D eigenvalue weighted by Crippen LogP contribution is 2.30. The lowest BCUT2D eigenvalue weighted by Gasteiger charge is -2.25. The van der Waals surface area contributed by atoms with E-state index in [1.807, 2.05) is 85.8 Å². The van der Waals surface area contributed by atoms with Gasteiger partial charge in [0.1, 0.15) is 0 Å². The Hall–Kier alpha value is -2.59. The Labute approximate surface area is 146 Å². The molecule has 0 aliphatic heterocycles. The van der Waals surface area contributed by atoms with E-state index in [1.165, 1.54) is 11.8 Å². The van der Waals surface area contributed by atoms with E-state index in [0.717, 1.165) is 16.4 Å². The molecule has 2 aromatic carbocycles. The molecule has 0 aliphatic rings. The second-order valence-electron chi connectivity index (χ2n) is 5.27. The lowest BCUT2D eigenvalue weighted by Crippen LogP contribution is -2.32. The van der Waals surface area contributed by atoms with E-state index < -0.39 is 0 Å². The van der Waals surface area contributed by atoms with Crippen molar-refractivity contribution in [3.8, 4) is 0 Å². The number of nitrogens with zero attached hydrogens (tertiary/aromatic N) is 2. The van der Waals surface area contributed by atoms with Gasteiger partial charge in [-0.1, -0.05) is 54.2 Å². The van der Waals surface area contributed by atoms with Gasteiger partial charge in [-0.05, 0) is 43.3 Å². The first-order chi connectivity index (χ1) is 11.8. The van der Waals surface area contributed by atoms with Crippen molar-refractivity contribution < 1.29 is 4.79 Å². The zero-order valence-corrected chi connectivity index (χ0v) is 14.2. The number of hydrogen-bond acceptors (Lipinski definition) is 3. The van der Waals surface area contributed by atoms with Crippen LogP contribution in [0.4, 0.5) is 11.4 Å². The highest BCUT2D eigenvalue weighted by molar-refractivity contribution is 8.00. The summed E-state index contributed by atoms with van der Waals surface area (Å²) in [4.78, 5) is 19.2. The fourth-order valence-electron chi connectivity index (χ4n) is 2.39. The summed E-state index contributed by atoms with van der Waals surface area (Å²) in [7, 11) is 0. The Morgan fingerprint density at radius 1 is 0.875 bits per heavy atom. The van der Waals surface area contributed by atoms with Gasteiger partial charge in [0.25, 0.3) is 0 Å². The number of rotatable bonds is 5. The molecule has 0 bridgehead atoms. The van der Waals surface area contributed by atoms with Crippen molar-refractivity contribution in [1.29, 1.82) is 0 Å². The maximum Gasteiger partial charge on any atom is 0.244 e. The fraction of sp³-hybridized carbons (Fsp3) is 0.100. The lowest BCUT2D eigenvalue weighted by atomic mass is 10.2. The maximum absolute atomic E-state index is 13.1. The van der Waals surface area contributed by atoms with Crippen LogP contribution in [-0.2, 0) is 4.79 Å². The van der Waals surface area contributed by atoms with Gasteiger partial charge in [0.05, 0.1) is 10.3 Å². The molecule has 0 aliphatic carbocycles. The van der Waals surface area contributed by atoms with Crippen molar-refractivity contribution >= 4 is 29.0 Å². The lowest BCUT2D eigenvalue weighted by molar-refractivity contribution is -0.117. The molecule has 24 heavy (non-hydrogen) atoms. The van der Waals surface area contributed by atoms with Gasteiger partial charge >= 0.3 is 0 Å². The molecule has 1 unspecified atom stereocenters. The third-order valence-corrected chi connectivity index (χ3v) is 4.57. The number of anilines is 2. The third-order valence-electron chi connectivity index (χ3n) is 3.53. The average molecular weight is 334 g/mol. The van der Waals surface area contributed by atoms with Crippen molar-refractivity contribution in [2.45, 2.75) is 17.2 Å². The standard InChI is InChI=1S/C20H18N2OS/c1-16(24-19-14-8-9-15-21-19)20(23)22(17-10-4-2-5-11-17)18-12-6-3-7-13-18/h2-16H,1H3. The van der Waals surface area contributed by atoms with Crippen molar-refractivity contribution in [3.63, 3.8) is 0 Å². The summed E-state index contributed by atoms with van der Waals surface area (Å²) in [5, 5.41) is 0.597. The largest absolute Gasteiger partial charge is 0.280 e. The molecule has 1 atom stereocenters. The normalized spacial score (nSPS) is 11.7. The molecular weight excluding hydrogens is 316 g/mol. The number of hydrogen-bond donors (Lipinski definition) is 0. The summed E-state index contributed by atoms with van der Waals surface area (Å²) in [5.41, 5.74) is 1.73. The molecule has 0 N–H and O–H groups in total. The van der Waals surface area contributed by atoms with Crippen LogP contribution in [0.3, 0.4) is 0 Å². The van der Waals surface area contributed by atoms with E-state index >= 15 is 0 Å². The second kappa shape index (κ2) is 7.79. The van der Waals surface area contributed by atoms with Crippen LogP contribution in [0.25, 0.3) is 0 Å². The van der Waals surface area contributed by atoms with Crippen LogP contribution in [0.5, 0.6) is 0 Å². The molecule has 3 nitrogen and oxygen atoms in total. The van der Waals surface area contributed by atoms with Crippen LogP contribution in [0.15, 0.2) is 90.1 Å². The molecule has 0 saturated carbocycles. The fourth-order valence-corrected chi connectivity index (χ4v) is 3.24. The Morgan fingerprint density at radius 2 is 1.42 bits per heavy atom. The maximum atomic E-state index is 13.1. The Balaban J connectivity index is 1.89. The van der Waals surface area contributed by atoms with Crippen LogP contribution in [0.1, 0.15) is 6.92 Å². The highest BCUT2D eigenvalue weighted by atomic mass is 32.2. The molecule has 4 heteroatoms. The summed E-state index contributed by atoms with van der Waals surface area (Å²) >= 11 is 1.47. The first-order valence-electron chi connectivity index (χ1n) is 7.77. The molecule has 1 heterocycles. The number of benzene rings is 2. The monoisotopic (exact) mass is 334 g/mol. The Kier molecular flexibility index (Phi) is 5.29. The first kappa shape index (κ1) is 16.3. The molecule has 1 aromatic heterocycles. The number of thioether (sulfide) groups is 1. The minimum absolute atomic E-state index is 0.0306. The van der Waals surface area contributed by atoms with E-state index in [-0.39, 0.29) is 11.2 Å². The van der Waals surface area contributed by atoms with Crippen molar-refractivity contribution in [3.05, 3.63) is 85.1 Å². The number of aromatic nitrogens is 1. The van der Waals surface area contributed by atoms with Crippen molar-refractivity contribution in [2.24, 2.45) is 0 Å². The molecule has 0 fully saturated rings. The van der Waals surface area contributed by atoms with Gasteiger partial charge in [-0.2, -0.15) is 0 Å². The third kappa shape index (κ3) is 3.84. The number of carbonyl (C=O) groups excluding carboxylic acids is 1. The predicted molar refractivity (Wildman–Crippen MR) is 99.6 cm³/mol. The zero-order chi connectivity index (χ0) is 16.8. The van der Waals surface area contributed by atoms with Gasteiger partial charge in [0.15, 0.2) is 0 Å². The van der Waals surface area contributed by atoms with Gasteiger partial charge in [0.2, 0.25) is 5.91 Å². The Bertz CT molecular complexity index is 739. The molecule has 0 spiro atoms. The van der Waals surface area contributed by atoms with Gasteiger partial charge in [-0.3, -0.25) is 9.69 Å². The van der Waals surface area contributed by atoms with Crippen molar-refractivity contribution in [1.82, 2.24) is 4.98 Å². The van der Waals surface area contributed by atoms with E-state index in [4.69, 9.17) is 0 Å². The zero-order valence-electron chi connectivity index (χ0n) is 13.4. The van der Waals surface area contributed by atoms with Crippen LogP contribution in [0.2, 0.25) is 0 Å². The van der Waals surface area contributed by atoms with E-state index in [2.05, 4.69) is 4.98 Å². The topological polar surface area (TPSA) is 33.2 Å². The summed E-state index contributed by atoms with van der Waals surface area (Å²) in [6, 6.07) is 25.2. The molecule has 0 radical (unpaired) electrons. The van der Waals surface area contributed by atoms with Crippen LogP contribution in [-0.4, -0.2) is 16.1 Å². The van der Waals surface area contributed by atoms with Gasteiger partial charge in [0, 0.05) is 17.6 Å². The molecule has 120 valence electrons. The highest BCUT2D eigenvalue weighted by Gasteiger charge is 2.24. The average Bonchev–Trinajstić information content (AvgIpc) is 2.64. The minimum Gasteiger partial charge on any atom is -0.280 e. The second-order valence-corrected chi connectivity index (χ2v) is 6.63. The number of amides is 1. The SMILES string of the molecule is CC(Sc1ccccn1)C(=O)N(c1ccccc1)c1ccccc1. The summed E-state index contributed by atoms with van der Waals surface area (Å²) in [5.74, 6) is 0.0306. The van der Waals surface area contributed by atoms with Crippen LogP contribution in [0, 0.1) is 0 Å². The van der Waals surface area contributed by atoms with E-state index in [1.54, 1.807) is 11.1 Å².